The van der Waals surface area contributed by atoms with E-state index in [0.29, 0.717) is 44.2 Å². The number of hydrogen-bond donors (Lipinski definition) is 1. The third kappa shape index (κ3) is 4.48. The van der Waals surface area contributed by atoms with Crippen LogP contribution in [0.4, 0.5) is 22.8 Å². The zero-order chi connectivity index (χ0) is 20.6. The average molecular weight is 414 g/mol. The molecule has 4 rings (SSSR count). The van der Waals surface area contributed by atoms with Crippen molar-refractivity contribution in [3.63, 3.8) is 0 Å². The minimum atomic E-state index is -4.73. The molecule has 0 saturated carbocycles. The predicted octanol–water partition coefficient (Wildman–Crippen LogP) is 2.15. The van der Waals surface area contributed by atoms with Crippen molar-refractivity contribution in [2.75, 3.05) is 32.8 Å². The number of aromatic nitrogens is 1. The molecule has 3 fully saturated rings. The molecule has 0 aliphatic carbocycles. The summed E-state index contributed by atoms with van der Waals surface area (Å²) in [6.45, 7) is 2.43. The molecule has 3 aliphatic rings. The van der Waals surface area contributed by atoms with Crippen LogP contribution in [0.1, 0.15) is 18.5 Å². The molecule has 0 aromatic carbocycles. The topological polar surface area (TPSA) is 84.0 Å². The Labute approximate surface area is 164 Å². The summed E-state index contributed by atoms with van der Waals surface area (Å²) in [6, 6.07) is 2.76. The second-order valence-electron chi connectivity index (χ2n) is 7.79. The lowest BCUT2D eigenvalue weighted by atomic mass is 9.90. The first-order valence-corrected chi connectivity index (χ1v) is 9.41. The summed E-state index contributed by atoms with van der Waals surface area (Å²) in [5.74, 6) is -0.0241. The Hall–Kier alpha value is -2.72. The van der Waals surface area contributed by atoms with Crippen LogP contribution in [0.25, 0.3) is 0 Å². The molecule has 3 aliphatic heterocycles. The van der Waals surface area contributed by atoms with Crippen molar-refractivity contribution < 1.29 is 32.2 Å². The fourth-order valence-electron chi connectivity index (χ4n) is 4.03. The molecule has 1 aromatic rings. The van der Waals surface area contributed by atoms with Crippen LogP contribution < -0.4 is 10.1 Å². The van der Waals surface area contributed by atoms with Crippen LogP contribution in [0.2, 0.25) is 0 Å². The van der Waals surface area contributed by atoms with E-state index in [1.54, 1.807) is 9.80 Å². The van der Waals surface area contributed by atoms with Gasteiger partial charge in [0.2, 0.25) is 0 Å². The molecule has 11 heteroatoms. The number of amides is 3. The molecule has 3 saturated heterocycles. The van der Waals surface area contributed by atoms with Gasteiger partial charge in [0, 0.05) is 18.8 Å². The van der Waals surface area contributed by atoms with E-state index in [1.807, 2.05) is 0 Å². The fraction of sp³-hybridized carbons (Fsp3) is 0.611. The Bertz CT molecular complexity index is 772. The van der Waals surface area contributed by atoms with E-state index in [0.717, 1.165) is 19.0 Å². The number of pyridine rings is 1. The number of ether oxygens (including phenoxy) is 2. The Balaban J connectivity index is 1.22. The van der Waals surface area contributed by atoms with Crippen molar-refractivity contribution in [3.8, 4) is 5.75 Å². The summed E-state index contributed by atoms with van der Waals surface area (Å²) < 4.78 is 45.3. The van der Waals surface area contributed by atoms with Gasteiger partial charge >= 0.3 is 18.5 Å². The molecule has 1 spiro atoms. The van der Waals surface area contributed by atoms with Crippen molar-refractivity contribution in [3.05, 3.63) is 24.0 Å². The third-order valence-electron chi connectivity index (χ3n) is 5.52. The van der Waals surface area contributed by atoms with Crippen molar-refractivity contribution in [1.29, 1.82) is 0 Å². The van der Waals surface area contributed by atoms with Crippen LogP contribution in [0.3, 0.4) is 0 Å². The number of nitrogens with one attached hydrogen (secondary N) is 1. The monoisotopic (exact) mass is 414 g/mol. The second-order valence-corrected chi connectivity index (χ2v) is 7.79. The highest BCUT2D eigenvalue weighted by molar-refractivity contribution is 5.78. The number of carbonyl (C=O) groups is 2. The van der Waals surface area contributed by atoms with Crippen LogP contribution in [0.5, 0.6) is 5.75 Å². The molecule has 8 nitrogen and oxygen atoms in total. The largest absolute Gasteiger partial charge is 0.573 e. The summed E-state index contributed by atoms with van der Waals surface area (Å²) in [7, 11) is 0. The first-order valence-electron chi connectivity index (χ1n) is 9.41. The molecule has 1 aromatic heterocycles. The minimum absolute atomic E-state index is 0.0398. The molecule has 3 amide bonds. The molecular formula is C18H21F3N4O4. The quantitative estimate of drug-likeness (QED) is 0.820. The molecule has 0 unspecified atom stereocenters. The van der Waals surface area contributed by atoms with Gasteiger partial charge < -0.3 is 24.6 Å². The van der Waals surface area contributed by atoms with Crippen LogP contribution in [-0.2, 0) is 11.2 Å². The van der Waals surface area contributed by atoms with Crippen molar-refractivity contribution in [1.82, 2.24) is 20.1 Å². The number of likely N-dealkylation sites (tertiary alicyclic amines) is 2. The Kier molecular flexibility index (Phi) is 4.91. The van der Waals surface area contributed by atoms with E-state index in [1.165, 1.54) is 12.1 Å². The highest BCUT2D eigenvalue weighted by atomic mass is 19.4. The van der Waals surface area contributed by atoms with Gasteiger partial charge in [0.1, 0.15) is 17.9 Å². The minimum Gasteiger partial charge on any atom is -0.447 e. The van der Waals surface area contributed by atoms with Crippen molar-refractivity contribution in [2.24, 2.45) is 5.92 Å². The van der Waals surface area contributed by atoms with Crippen molar-refractivity contribution >= 4 is 12.1 Å². The summed E-state index contributed by atoms with van der Waals surface area (Å²) in [6.07, 6.45) is -1.85. The summed E-state index contributed by atoms with van der Waals surface area (Å²) in [5.41, 5.74) is 0.268. The highest BCUT2D eigenvalue weighted by Gasteiger charge is 2.52. The number of alkyl halides is 3. The summed E-state index contributed by atoms with van der Waals surface area (Å²) in [4.78, 5) is 31.3. The van der Waals surface area contributed by atoms with E-state index in [9.17, 15) is 22.8 Å². The van der Waals surface area contributed by atoms with Crippen LogP contribution in [-0.4, -0.2) is 71.6 Å². The second kappa shape index (κ2) is 7.27. The zero-order valence-electron chi connectivity index (χ0n) is 15.6. The maximum absolute atomic E-state index is 12.6. The Morgan fingerprint density at radius 3 is 2.55 bits per heavy atom. The normalized spacial score (nSPS) is 21.6. The van der Waals surface area contributed by atoms with E-state index < -0.39 is 18.0 Å². The van der Waals surface area contributed by atoms with Gasteiger partial charge in [-0.25, -0.2) is 9.59 Å². The molecule has 29 heavy (non-hydrogen) atoms. The number of alkyl carbamates (subject to hydrolysis) is 1. The third-order valence-corrected chi connectivity index (χ3v) is 5.52. The van der Waals surface area contributed by atoms with Gasteiger partial charge in [-0.3, -0.25) is 4.98 Å². The van der Waals surface area contributed by atoms with Gasteiger partial charge in [-0.2, -0.15) is 0 Å². The molecule has 158 valence electrons. The maximum atomic E-state index is 12.6. The van der Waals surface area contributed by atoms with E-state index in [4.69, 9.17) is 4.74 Å². The number of rotatable bonds is 3. The van der Waals surface area contributed by atoms with Gasteiger partial charge in [-0.05, 0) is 37.3 Å². The summed E-state index contributed by atoms with van der Waals surface area (Å²) in [5, 5.41) is 2.75. The lowest BCUT2D eigenvalue weighted by Crippen LogP contribution is -2.71. The first-order chi connectivity index (χ1) is 13.7. The number of hydrogen-bond acceptors (Lipinski definition) is 5. The number of carbonyl (C=O) groups excluding carboxylic acids is 2. The van der Waals surface area contributed by atoms with E-state index in [2.05, 4.69) is 15.0 Å². The number of urea groups is 1. The van der Waals surface area contributed by atoms with Gasteiger partial charge in [0.15, 0.2) is 0 Å². The molecule has 1 N–H and O–H groups in total. The van der Waals surface area contributed by atoms with Gasteiger partial charge in [0.05, 0.1) is 19.3 Å². The van der Waals surface area contributed by atoms with Crippen LogP contribution in [0, 0.1) is 5.92 Å². The predicted molar refractivity (Wildman–Crippen MR) is 93.1 cm³/mol. The highest BCUT2D eigenvalue weighted by Crippen LogP contribution is 2.29. The number of nitrogens with zero attached hydrogens (tertiary/aromatic N) is 3. The molecule has 0 atom stereocenters. The fourth-order valence-corrected chi connectivity index (χ4v) is 4.03. The molecular weight excluding hydrogens is 393 g/mol. The van der Waals surface area contributed by atoms with E-state index in [-0.39, 0.29) is 18.4 Å². The zero-order valence-corrected chi connectivity index (χ0v) is 15.6. The lowest BCUT2D eigenvalue weighted by Gasteiger charge is -2.48. The molecule has 4 heterocycles. The number of piperidine rings is 1. The molecule has 0 radical (unpaired) electrons. The number of halogens is 3. The summed E-state index contributed by atoms with van der Waals surface area (Å²) >= 11 is 0. The smallest absolute Gasteiger partial charge is 0.447 e. The lowest BCUT2D eigenvalue weighted by molar-refractivity contribution is -0.274. The average Bonchev–Trinajstić information content (AvgIpc) is 3.03. The van der Waals surface area contributed by atoms with E-state index >= 15 is 0 Å². The maximum Gasteiger partial charge on any atom is 0.573 e. The van der Waals surface area contributed by atoms with Gasteiger partial charge in [-0.15, -0.1) is 13.2 Å². The SMILES string of the molecule is O=C1NC2(CO1)CN(C(=O)N1CCC(Cc3ccc(OC(F)(F)F)cn3)CC1)C2. The van der Waals surface area contributed by atoms with Gasteiger partial charge in [0.25, 0.3) is 0 Å². The van der Waals surface area contributed by atoms with Crippen LogP contribution in [0.15, 0.2) is 18.3 Å². The van der Waals surface area contributed by atoms with Crippen LogP contribution >= 0.6 is 0 Å². The number of cyclic esters (lactones) is 1. The first kappa shape index (κ1) is 19.6. The Morgan fingerprint density at radius 2 is 2.00 bits per heavy atom. The molecule has 0 bridgehead atoms. The van der Waals surface area contributed by atoms with Gasteiger partial charge in [-0.1, -0.05) is 0 Å². The Morgan fingerprint density at radius 1 is 1.28 bits per heavy atom. The standard InChI is InChI=1S/C18H21F3N4O4/c19-18(20,21)29-14-2-1-13(22-8-14)7-12-3-5-24(6-4-12)16(27)25-9-17(10-25)11-28-15(26)23-17/h1-2,8,12H,3-7,9-11H2,(H,23,26). The van der Waals surface area contributed by atoms with Crippen molar-refractivity contribution in [2.45, 2.75) is 31.2 Å².